The molecule has 2 aromatic rings. The average Bonchev–Trinajstić information content (AvgIpc) is 3.69. The Bertz CT molecular complexity index is 2180. The third-order valence-corrected chi connectivity index (χ3v) is 16.5. The first-order valence-corrected chi connectivity index (χ1v) is 26.5. The van der Waals surface area contributed by atoms with Crippen LogP contribution in [0.2, 0.25) is 0 Å². The number of nitrogens with zero attached hydrogens (tertiary/aromatic N) is 1. The number of hydrogen-bond acceptors (Lipinski definition) is 9. The monoisotopic (exact) mass is 985 g/mol. The van der Waals surface area contributed by atoms with Crippen LogP contribution in [0.15, 0.2) is 60.2 Å². The average molecular weight is 985 g/mol. The second-order valence-electron chi connectivity index (χ2n) is 22.3. The molecule has 390 valence electrons. The second-order valence-corrected chi connectivity index (χ2v) is 22.3. The lowest BCUT2D eigenvalue weighted by Crippen LogP contribution is -2.51. The Morgan fingerprint density at radius 2 is 1.54 bits per heavy atom. The number of amides is 4. The van der Waals surface area contributed by atoms with Crippen LogP contribution >= 0.6 is 0 Å². The lowest BCUT2D eigenvalue weighted by Gasteiger charge is -2.58. The van der Waals surface area contributed by atoms with E-state index in [1.807, 2.05) is 13.8 Å². The number of carbonyl (C=O) groups is 5. The Balaban J connectivity index is 0.838. The number of nitrogens with one attached hydrogen (secondary N) is 4. The number of carbonyl (C=O) groups excluding carboxylic acids is 5. The molecule has 5 N–H and O–H groups in total. The van der Waals surface area contributed by atoms with Crippen molar-refractivity contribution in [3.05, 3.63) is 70.7 Å². The van der Waals surface area contributed by atoms with Crippen molar-refractivity contribution in [2.24, 2.45) is 52.3 Å². The molecule has 15 nitrogen and oxygen atoms in total. The summed E-state index contributed by atoms with van der Waals surface area (Å²) in [4.78, 5) is 74.1. The lowest BCUT2D eigenvalue weighted by atomic mass is 9.47. The van der Waals surface area contributed by atoms with Gasteiger partial charge in [-0.05, 0) is 146 Å². The summed E-state index contributed by atoms with van der Waals surface area (Å²) in [6.45, 7) is 16.9. The smallest absolute Gasteiger partial charge is 0.429 e. The molecule has 3 fully saturated rings. The van der Waals surface area contributed by atoms with Crippen LogP contribution in [0.5, 0.6) is 5.75 Å². The van der Waals surface area contributed by atoms with Gasteiger partial charge in [0.25, 0.3) is 4.92 Å². The highest BCUT2D eigenvalue weighted by molar-refractivity contribution is 5.96. The molecule has 71 heavy (non-hydrogen) atoms. The van der Waals surface area contributed by atoms with E-state index >= 15 is 0 Å². The maximum Gasteiger partial charge on any atom is 0.514 e. The van der Waals surface area contributed by atoms with E-state index in [-0.39, 0.29) is 65.7 Å². The maximum absolute atomic E-state index is 13.1. The fourth-order valence-electron chi connectivity index (χ4n) is 12.7. The van der Waals surface area contributed by atoms with Gasteiger partial charge in [0.1, 0.15) is 18.4 Å². The lowest BCUT2D eigenvalue weighted by molar-refractivity contribution is -0.729. The highest BCUT2D eigenvalue weighted by Crippen LogP contribution is 2.67. The second kappa shape index (κ2) is 25.4. The van der Waals surface area contributed by atoms with Gasteiger partial charge in [-0.15, -0.1) is 0 Å². The third kappa shape index (κ3) is 15.1. The molecule has 0 spiro atoms. The summed E-state index contributed by atoms with van der Waals surface area (Å²) in [5.41, 5.74) is 3.42. The van der Waals surface area contributed by atoms with Crippen molar-refractivity contribution in [3.8, 4) is 5.75 Å². The van der Waals surface area contributed by atoms with Crippen LogP contribution in [0, 0.1) is 57.2 Å². The van der Waals surface area contributed by atoms with E-state index in [0.29, 0.717) is 42.7 Å². The molecule has 2 aromatic carbocycles. The van der Waals surface area contributed by atoms with Gasteiger partial charge < -0.3 is 35.5 Å². The molecule has 9 atom stereocenters. The van der Waals surface area contributed by atoms with Crippen LogP contribution in [0.3, 0.4) is 0 Å². The largest absolute Gasteiger partial charge is 0.514 e. The van der Waals surface area contributed by atoms with Gasteiger partial charge in [-0.1, -0.05) is 91.5 Å². The molecule has 0 saturated heterocycles. The van der Waals surface area contributed by atoms with Crippen LogP contribution < -0.4 is 26.0 Å². The molecular weight excluding hydrogens is 903 g/mol. The van der Waals surface area contributed by atoms with Gasteiger partial charge in [0.2, 0.25) is 23.6 Å². The first-order chi connectivity index (χ1) is 33.8. The zero-order valence-corrected chi connectivity index (χ0v) is 43.4. The topological polar surface area (TPSA) is 201 Å². The summed E-state index contributed by atoms with van der Waals surface area (Å²) >= 11 is 0. The molecule has 4 amide bonds. The Morgan fingerprint density at radius 3 is 2.24 bits per heavy atom. The zero-order valence-electron chi connectivity index (χ0n) is 43.4. The van der Waals surface area contributed by atoms with Gasteiger partial charge in [-0.2, -0.15) is 0 Å². The molecule has 0 bridgehead atoms. The number of benzene rings is 2. The molecular formula is C56H82N5O10+. The van der Waals surface area contributed by atoms with E-state index in [1.165, 1.54) is 82.1 Å². The minimum atomic E-state index is -0.977. The molecule has 3 saturated carbocycles. The summed E-state index contributed by atoms with van der Waals surface area (Å²) in [6.07, 6.45) is 17.0. The molecule has 0 heterocycles. The van der Waals surface area contributed by atoms with Gasteiger partial charge in [0, 0.05) is 43.8 Å². The predicted molar refractivity (Wildman–Crippen MR) is 271 cm³/mol. The molecule has 0 radical (unpaired) electrons. The number of fused-ring (bicyclic) bond motifs is 5. The van der Waals surface area contributed by atoms with Gasteiger partial charge in [0.05, 0.1) is 17.6 Å². The Kier molecular flexibility index (Phi) is 19.7. The highest BCUT2D eigenvalue weighted by atomic mass is 16.7. The van der Waals surface area contributed by atoms with Crippen molar-refractivity contribution >= 4 is 41.2 Å². The van der Waals surface area contributed by atoms with Crippen LogP contribution in [-0.2, 0) is 35.3 Å². The first kappa shape index (κ1) is 55.0. The van der Waals surface area contributed by atoms with Crippen LogP contribution in [0.4, 0.5) is 16.2 Å². The van der Waals surface area contributed by atoms with E-state index in [1.54, 1.807) is 29.8 Å². The number of rotatable bonds is 24. The minimum Gasteiger partial charge on any atom is -0.429 e. The van der Waals surface area contributed by atoms with Gasteiger partial charge in [0.15, 0.2) is 0 Å². The standard InChI is InChI=1S/C56H81N5O10/c1-36(2)10-8-11-38(5)46-22-23-47-45-21-14-40-33-44(26-28-55(40,6)48(45)27-29-56(46,47)7)69-31-9-30-57-50(62)24-25-51(63)60-49(32-37(3)4)53(65)58-34-52(64)59-41-15-12-39(13-16-41)35-70-54(66)71-43-19-17-42(18-20-43)61(67)68/h12-20,36-38,44-49H,8-11,21-35H2,1-7H3,(H4-,57,58,59,60,62,63,64,65,67,68)/p+1/t38-,44+,45+,46?,47+,48+,49+,55+,56-/m1/s1. The predicted octanol–water partition coefficient (Wildman–Crippen LogP) is 10.5. The summed E-state index contributed by atoms with van der Waals surface area (Å²) in [7, 11) is 0. The fraction of sp³-hybridized carbons (Fsp3) is 0.661. The molecule has 15 heteroatoms. The van der Waals surface area contributed by atoms with Crippen LogP contribution in [0.25, 0.3) is 0 Å². The quantitative estimate of drug-likeness (QED) is 0.0222. The normalized spacial score (nSPS) is 25.4. The highest BCUT2D eigenvalue weighted by Gasteiger charge is 2.59. The third-order valence-electron chi connectivity index (χ3n) is 16.5. The van der Waals surface area contributed by atoms with E-state index in [9.17, 15) is 28.9 Å². The van der Waals surface area contributed by atoms with Crippen molar-refractivity contribution < 1.29 is 48.3 Å². The maximum atomic E-state index is 13.1. The zero-order chi connectivity index (χ0) is 51.3. The van der Waals surface area contributed by atoms with E-state index in [0.717, 1.165) is 48.3 Å². The number of hydrogen-bond donors (Lipinski definition) is 5. The number of anilines is 1. The van der Waals surface area contributed by atoms with Crippen LogP contribution in [0.1, 0.15) is 150 Å². The van der Waals surface area contributed by atoms with E-state index in [2.05, 4.69) is 62.0 Å². The molecule has 4 aliphatic rings. The van der Waals surface area contributed by atoms with Crippen molar-refractivity contribution in [2.45, 2.75) is 164 Å². The van der Waals surface area contributed by atoms with Gasteiger partial charge in [-0.25, -0.2) is 10.0 Å². The van der Waals surface area contributed by atoms with E-state index < -0.39 is 29.9 Å². The van der Waals surface area contributed by atoms with Crippen molar-refractivity contribution in [1.29, 1.82) is 0 Å². The number of allylic oxidation sites excluding steroid dienone is 1. The van der Waals surface area contributed by atoms with Gasteiger partial charge in [-0.3, -0.25) is 19.2 Å². The molecule has 0 aromatic heterocycles. The summed E-state index contributed by atoms with van der Waals surface area (Å²) in [5.74, 6) is 3.47. The molecule has 6 rings (SSSR count). The summed E-state index contributed by atoms with van der Waals surface area (Å²) < 4.78 is 16.6. The van der Waals surface area contributed by atoms with Crippen molar-refractivity contribution in [3.63, 3.8) is 0 Å². The van der Waals surface area contributed by atoms with Crippen molar-refractivity contribution in [2.75, 3.05) is 25.0 Å². The van der Waals surface area contributed by atoms with E-state index in [4.69, 9.17) is 19.4 Å². The molecule has 1 unspecified atom stereocenters. The fourth-order valence-corrected chi connectivity index (χ4v) is 12.7. The SMILES string of the molecule is CC(C)CCC[C@@H](C)C1CC[C@H]2[C@@H]3CC=C4C[C@@H](OCCCNC(=O)CCC(=O)N[C@@H](CC(C)C)C(=O)NCC(=O)Nc5ccc(COC(=O)Oc6ccc([N+](=O)O)cc6)cc5)CC[C@]4(C)[C@H]3CC[C@]12C. The first-order valence-electron chi connectivity index (χ1n) is 26.5. The molecule has 4 aliphatic carbocycles. The van der Waals surface area contributed by atoms with Gasteiger partial charge >= 0.3 is 11.8 Å². The Morgan fingerprint density at radius 1 is 0.803 bits per heavy atom. The summed E-state index contributed by atoms with van der Waals surface area (Å²) in [5, 5.41) is 19.9. The summed E-state index contributed by atoms with van der Waals surface area (Å²) in [6, 6.07) is 10.8. The number of ether oxygens (including phenoxy) is 3. The van der Waals surface area contributed by atoms with Crippen molar-refractivity contribution in [1.82, 2.24) is 16.0 Å². The minimum absolute atomic E-state index is 0.0143. The Labute approximate surface area is 421 Å². The molecule has 0 aliphatic heterocycles. The van der Waals surface area contributed by atoms with Crippen LogP contribution in [-0.4, -0.2) is 71.8 Å². The Hall–Kier alpha value is -5.31.